The van der Waals surface area contributed by atoms with Crippen molar-refractivity contribution in [3.63, 3.8) is 0 Å². The SMILES string of the molecule is Cc1cnn(CCCNC(=O)NC(C)c2ccccc2C)c1. The Morgan fingerprint density at radius 3 is 2.77 bits per heavy atom. The molecule has 0 aliphatic rings. The third-order valence-electron chi connectivity index (χ3n) is 3.61. The summed E-state index contributed by atoms with van der Waals surface area (Å²) in [5.41, 5.74) is 3.48. The number of aromatic nitrogens is 2. The maximum atomic E-state index is 11.9. The van der Waals surface area contributed by atoms with Crippen molar-refractivity contribution in [1.29, 1.82) is 0 Å². The van der Waals surface area contributed by atoms with E-state index in [1.165, 1.54) is 5.56 Å². The largest absolute Gasteiger partial charge is 0.338 e. The van der Waals surface area contributed by atoms with Gasteiger partial charge in [-0.1, -0.05) is 24.3 Å². The normalized spacial score (nSPS) is 12.0. The van der Waals surface area contributed by atoms with E-state index in [4.69, 9.17) is 0 Å². The van der Waals surface area contributed by atoms with Crippen molar-refractivity contribution >= 4 is 6.03 Å². The van der Waals surface area contributed by atoms with Crippen LogP contribution in [0, 0.1) is 13.8 Å². The van der Waals surface area contributed by atoms with Crippen LogP contribution in [0.25, 0.3) is 0 Å². The molecular weight excluding hydrogens is 276 g/mol. The number of rotatable bonds is 6. The van der Waals surface area contributed by atoms with Crippen LogP contribution in [-0.2, 0) is 6.54 Å². The third kappa shape index (κ3) is 4.62. The molecule has 2 amide bonds. The Morgan fingerprint density at radius 2 is 2.09 bits per heavy atom. The van der Waals surface area contributed by atoms with Crippen LogP contribution in [0.4, 0.5) is 4.79 Å². The van der Waals surface area contributed by atoms with Crippen molar-refractivity contribution in [3.05, 3.63) is 53.3 Å². The molecule has 0 spiro atoms. The topological polar surface area (TPSA) is 59.0 Å². The number of nitrogens with one attached hydrogen (secondary N) is 2. The first kappa shape index (κ1) is 16.1. The molecule has 0 saturated heterocycles. The van der Waals surface area contributed by atoms with Crippen LogP contribution in [0.15, 0.2) is 36.7 Å². The van der Waals surface area contributed by atoms with Crippen molar-refractivity contribution in [3.8, 4) is 0 Å². The van der Waals surface area contributed by atoms with Gasteiger partial charge in [-0.25, -0.2) is 4.79 Å². The molecule has 0 saturated carbocycles. The van der Waals surface area contributed by atoms with E-state index in [0.717, 1.165) is 24.1 Å². The van der Waals surface area contributed by atoms with E-state index in [1.807, 2.05) is 49.1 Å². The highest BCUT2D eigenvalue weighted by molar-refractivity contribution is 5.74. The van der Waals surface area contributed by atoms with Crippen molar-refractivity contribution < 1.29 is 4.79 Å². The van der Waals surface area contributed by atoms with Gasteiger partial charge in [0.2, 0.25) is 0 Å². The monoisotopic (exact) mass is 300 g/mol. The Labute approximate surface area is 131 Å². The Kier molecular flexibility index (Phi) is 5.58. The maximum Gasteiger partial charge on any atom is 0.315 e. The lowest BCUT2D eigenvalue weighted by Gasteiger charge is -2.17. The number of carbonyl (C=O) groups is 1. The molecule has 0 aliphatic heterocycles. The molecule has 2 N–H and O–H groups in total. The Balaban J connectivity index is 1.70. The predicted molar refractivity (Wildman–Crippen MR) is 87.7 cm³/mol. The minimum Gasteiger partial charge on any atom is -0.338 e. The zero-order valence-electron chi connectivity index (χ0n) is 13.5. The first-order valence-corrected chi connectivity index (χ1v) is 7.65. The smallest absolute Gasteiger partial charge is 0.315 e. The van der Waals surface area contributed by atoms with E-state index < -0.39 is 0 Å². The maximum absolute atomic E-state index is 11.9. The molecule has 0 aliphatic carbocycles. The van der Waals surface area contributed by atoms with E-state index in [2.05, 4.69) is 28.7 Å². The third-order valence-corrected chi connectivity index (χ3v) is 3.61. The Bertz CT molecular complexity index is 621. The Hall–Kier alpha value is -2.30. The molecule has 22 heavy (non-hydrogen) atoms. The number of nitrogens with zero attached hydrogens (tertiary/aromatic N) is 2. The lowest BCUT2D eigenvalue weighted by atomic mass is 10.0. The molecule has 118 valence electrons. The van der Waals surface area contributed by atoms with Gasteiger partial charge in [0.15, 0.2) is 0 Å². The van der Waals surface area contributed by atoms with Gasteiger partial charge in [-0.3, -0.25) is 4.68 Å². The minimum atomic E-state index is -0.132. The number of hydrogen-bond acceptors (Lipinski definition) is 2. The van der Waals surface area contributed by atoms with Crippen LogP contribution in [0.3, 0.4) is 0 Å². The number of amides is 2. The summed E-state index contributed by atoms with van der Waals surface area (Å²) < 4.78 is 1.89. The molecule has 1 aromatic heterocycles. The van der Waals surface area contributed by atoms with Crippen molar-refractivity contribution in [2.45, 2.75) is 39.8 Å². The highest BCUT2D eigenvalue weighted by Crippen LogP contribution is 2.16. The molecule has 1 unspecified atom stereocenters. The molecule has 2 rings (SSSR count). The lowest BCUT2D eigenvalue weighted by molar-refractivity contribution is 0.237. The summed E-state index contributed by atoms with van der Waals surface area (Å²) in [6.07, 6.45) is 4.69. The highest BCUT2D eigenvalue weighted by atomic mass is 16.2. The molecule has 0 bridgehead atoms. The van der Waals surface area contributed by atoms with E-state index in [-0.39, 0.29) is 12.1 Å². The quantitative estimate of drug-likeness (QED) is 0.806. The fourth-order valence-electron chi connectivity index (χ4n) is 2.43. The van der Waals surface area contributed by atoms with E-state index in [9.17, 15) is 4.79 Å². The minimum absolute atomic E-state index is 0.00466. The molecule has 1 heterocycles. The van der Waals surface area contributed by atoms with Gasteiger partial charge in [-0.2, -0.15) is 5.10 Å². The number of hydrogen-bond donors (Lipinski definition) is 2. The van der Waals surface area contributed by atoms with Gasteiger partial charge >= 0.3 is 6.03 Å². The molecule has 0 radical (unpaired) electrons. The molecule has 1 atom stereocenters. The van der Waals surface area contributed by atoms with Gasteiger partial charge in [0.25, 0.3) is 0 Å². The zero-order valence-corrected chi connectivity index (χ0v) is 13.5. The van der Waals surface area contributed by atoms with Gasteiger partial charge in [0.1, 0.15) is 0 Å². The molecule has 5 heteroatoms. The van der Waals surface area contributed by atoms with Crippen molar-refractivity contribution in [1.82, 2.24) is 20.4 Å². The van der Waals surface area contributed by atoms with Crippen LogP contribution in [0.5, 0.6) is 0 Å². The molecule has 5 nitrogen and oxygen atoms in total. The predicted octanol–water partition coefficient (Wildman–Crippen LogP) is 2.95. The van der Waals surface area contributed by atoms with Crippen molar-refractivity contribution in [2.75, 3.05) is 6.54 Å². The summed E-state index contributed by atoms with van der Waals surface area (Å²) in [6.45, 7) is 7.50. The highest BCUT2D eigenvalue weighted by Gasteiger charge is 2.10. The zero-order chi connectivity index (χ0) is 15.9. The number of carbonyl (C=O) groups excluding carboxylic acids is 1. The second kappa shape index (κ2) is 7.64. The van der Waals surface area contributed by atoms with Crippen LogP contribution < -0.4 is 10.6 Å². The average molecular weight is 300 g/mol. The summed E-state index contributed by atoms with van der Waals surface area (Å²) in [6, 6.07) is 7.95. The van der Waals surface area contributed by atoms with E-state index >= 15 is 0 Å². The fraction of sp³-hybridized carbons (Fsp3) is 0.412. The Morgan fingerprint density at radius 1 is 1.32 bits per heavy atom. The molecule has 2 aromatic rings. The van der Waals surface area contributed by atoms with Crippen molar-refractivity contribution in [2.24, 2.45) is 0 Å². The summed E-state index contributed by atoms with van der Waals surface area (Å²) in [5, 5.41) is 10.1. The molecular formula is C17H24N4O. The standard InChI is InChI=1S/C17H24N4O/c1-13-11-19-21(12-13)10-6-9-18-17(22)20-15(3)16-8-5-4-7-14(16)2/h4-5,7-8,11-12,15H,6,9-10H2,1-3H3,(H2,18,20,22). The van der Waals surface area contributed by atoms with Crippen LogP contribution in [0.2, 0.25) is 0 Å². The van der Waals surface area contributed by atoms with Crippen LogP contribution in [0.1, 0.15) is 36.1 Å². The first-order chi connectivity index (χ1) is 10.6. The van der Waals surface area contributed by atoms with E-state index in [0.29, 0.717) is 6.54 Å². The van der Waals surface area contributed by atoms with Crippen LogP contribution >= 0.6 is 0 Å². The number of urea groups is 1. The van der Waals surface area contributed by atoms with E-state index in [1.54, 1.807) is 0 Å². The van der Waals surface area contributed by atoms with Gasteiger partial charge in [-0.05, 0) is 43.9 Å². The summed E-state index contributed by atoms with van der Waals surface area (Å²) in [7, 11) is 0. The summed E-state index contributed by atoms with van der Waals surface area (Å²) >= 11 is 0. The second-order valence-corrected chi connectivity index (χ2v) is 5.61. The number of benzene rings is 1. The van der Waals surface area contributed by atoms with Gasteiger partial charge in [0.05, 0.1) is 12.2 Å². The van der Waals surface area contributed by atoms with Gasteiger partial charge in [0, 0.05) is 19.3 Å². The van der Waals surface area contributed by atoms with Crippen LogP contribution in [-0.4, -0.2) is 22.4 Å². The molecule has 0 fully saturated rings. The van der Waals surface area contributed by atoms with Gasteiger partial charge in [-0.15, -0.1) is 0 Å². The lowest BCUT2D eigenvalue weighted by Crippen LogP contribution is -2.37. The summed E-state index contributed by atoms with van der Waals surface area (Å²) in [5.74, 6) is 0. The first-order valence-electron chi connectivity index (χ1n) is 7.65. The second-order valence-electron chi connectivity index (χ2n) is 5.61. The average Bonchev–Trinajstić information content (AvgIpc) is 2.89. The fourth-order valence-corrected chi connectivity index (χ4v) is 2.43. The van der Waals surface area contributed by atoms with Gasteiger partial charge < -0.3 is 10.6 Å². The molecule has 1 aromatic carbocycles. The number of aryl methyl sites for hydroxylation is 3. The summed E-state index contributed by atoms with van der Waals surface area (Å²) in [4.78, 5) is 11.9.